The lowest BCUT2D eigenvalue weighted by Gasteiger charge is -2.06. The van der Waals surface area contributed by atoms with E-state index in [1.165, 1.54) is 22.2 Å². The van der Waals surface area contributed by atoms with E-state index in [0.717, 1.165) is 30.0 Å². The molecule has 2 aromatic rings. The molecule has 3 heteroatoms. The zero-order valence-corrected chi connectivity index (χ0v) is 11.4. The monoisotopic (exact) mass is 250 g/mol. The molecule has 0 fully saturated rings. The van der Waals surface area contributed by atoms with Gasteiger partial charge in [0.15, 0.2) is 0 Å². The van der Waals surface area contributed by atoms with Crippen molar-refractivity contribution in [3.8, 4) is 0 Å². The third-order valence-corrected chi connectivity index (χ3v) is 3.97. The van der Waals surface area contributed by atoms with Gasteiger partial charge in [-0.1, -0.05) is 17.7 Å². The molecule has 1 heterocycles. The van der Waals surface area contributed by atoms with Gasteiger partial charge in [-0.15, -0.1) is 0 Å². The molecule has 0 spiro atoms. The van der Waals surface area contributed by atoms with E-state index in [-0.39, 0.29) is 0 Å². The molecule has 2 rings (SSSR count). The molecule has 2 nitrogen and oxygen atoms in total. The lowest BCUT2D eigenvalue weighted by atomic mass is 10.1. The van der Waals surface area contributed by atoms with Gasteiger partial charge in [-0.3, -0.25) is 0 Å². The molecule has 0 aliphatic carbocycles. The van der Waals surface area contributed by atoms with Gasteiger partial charge in [0.2, 0.25) is 0 Å². The number of benzene rings is 1. The number of hydrogen-bond donors (Lipinski definition) is 1. The van der Waals surface area contributed by atoms with Crippen molar-refractivity contribution in [2.75, 3.05) is 6.54 Å². The topological polar surface area (TPSA) is 30.9 Å². The summed E-state index contributed by atoms with van der Waals surface area (Å²) in [6, 6.07) is 4.10. The van der Waals surface area contributed by atoms with Crippen molar-refractivity contribution in [1.82, 2.24) is 4.57 Å². The smallest absolute Gasteiger partial charge is 0.0527 e. The van der Waals surface area contributed by atoms with Gasteiger partial charge in [-0.25, -0.2) is 0 Å². The van der Waals surface area contributed by atoms with Crippen LogP contribution in [0.1, 0.15) is 23.2 Å². The predicted molar refractivity (Wildman–Crippen MR) is 74.8 cm³/mol. The highest BCUT2D eigenvalue weighted by Gasteiger charge is 2.14. The van der Waals surface area contributed by atoms with Crippen molar-refractivity contribution < 1.29 is 0 Å². The fraction of sp³-hybridized carbons (Fsp3) is 0.429. The first kappa shape index (κ1) is 12.5. The third kappa shape index (κ3) is 1.96. The van der Waals surface area contributed by atoms with E-state index < -0.39 is 0 Å². The van der Waals surface area contributed by atoms with Gasteiger partial charge >= 0.3 is 0 Å². The fourth-order valence-corrected chi connectivity index (χ4v) is 2.73. The average Bonchev–Trinajstić information content (AvgIpc) is 2.55. The minimum absolute atomic E-state index is 0.737. The number of nitrogens with two attached hydrogens (primary N) is 1. The SMILES string of the molecule is Cc1c(CCCN)n(C)c2c(C)c(Cl)ccc12. The quantitative estimate of drug-likeness (QED) is 0.890. The van der Waals surface area contributed by atoms with Gasteiger partial charge in [-0.2, -0.15) is 0 Å². The molecule has 0 atom stereocenters. The first-order valence-electron chi connectivity index (χ1n) is 6.01. The predicted octanol–water partition coefficient (Wildman–Crippen LogP) is 3.34. The molecule has 1 aromatic heterocycles. The molecule has 0 amide bonds. The minimum Gasteiger partial charge on any atom is -0.347 e. The standard InChI is InChI=1S/C14H19ClN2/c1-9-11-6-7-12(15)10(2)14(11)17(3)13(9)5-4-8-16/h6-7H,4-5,8,16H2,1-3H3. The molecule has 1 aromatic carbocycles. The zero-order chi connectivity index (χ0) is 12.6. The molecule has 2 N–H and O–H groups in total. The van der Waals surface area contributed by atoms with E-state index in [1.54, 1.807) is 0 Å². The summed E-state index contributed by atoms with van der Waals surface area (Å²) in [5, 5.41) is 2.14. The number of aromatic nitrogens is 1. The molecule has 0 saturated carbocycles. The summed E-state index contributed by atoms with van der Waals surface area (Å²) in [7, 11) is 2.12. The van der Waals surface area contributed by atoms with Crippen LogP contribution >= 0.6 is 11.6 Å². The summed E-state index contributed by atoms with van der Waals surface area (Å²) in [6.07, 6.45) is 2.06. The van der Waals surface area contributed by atoms with E-state index in [4.69, 9.17) is 17.3 Å². The van der Waals surface area contributed by atoms with Gasteiger partial charge in [0.05, 0.1) is 5.52 Å². The maximum atomic E-state index is 6.19. The second-order valence-corrected chi connectivity index (χ2v) is 5.00. The van der Waals surface area contributed by atoms with Crippen molar-refractivity contribution in [2.45, 2.75) is 26.7 Å². The molecule has 0 radical (unpaired) electrons. The van der Waals surface area contributed by atoms with E-state index in [1.807, 2.05) is 6.07 Å². The summed E-state index contributed by atoms with van der Waals surface area (Å²) in [5.41, 5.74) is 10.7. The normalized spacial score (nSPS) is 11.4. The average molecular weight is 251 g/mol. The highest BCUT2D eigenvalue weighted by atomic mass is 35.5. The van der Waals surface area contributed by atoms with Crippen molar-refractivity contribution in [1.29, 1.82) is 0 Å². The Morgan fingerprint density at radius 1 is 1.24 bits per heavy atom. The van der Waals surface area contributed by atoms with Crippen LogP contribution in [0.15, 0.2) is 12.1 Å². The summed E-state index contributed by atoms with van der Waals surface area (Å²) in [5.74, 6) is 0. The minimum atomic E-state index is 0.737. The van der Waals surface area contributed by atoms with Crippen LogP contribution in [-0.4, -0.2) is 11.1 Å². The Labute approximate surface area is 107 Å². The van der Waals surface area contributed by atoms with Crippen LogP contribution in [0.3, 0.4) is 0 Å². The van der Waals surface area contributed by atoms with Crippen LogP contribution in [0.5, 0.6) is 0 Å². The molecule has 0 aliphatic rings. The number of nitrogens with zero attached hydrogens (tertiary/aromatic N) is 1. The highest BCUT2D eigenvalue weighted by molar-refractivity contribution is 6.32. The Hall–Kier alpha value is -0.990. The van der Waals surface area contributed by atoms with Gasteiger partial charge < -0.3 is 10.3 Å². The number of rotatable bonds is 3. The van der Waals surface area contributed by atoms with E-state index in [0.29, 0.717) is 0 Å². The number of aryl methyl sites for hydroxylation is 3. The van der Waals surface area contributed by atoms with E-state index in [2.05, 4.69) is 31.5 Å². The molecular weight excluding hydrogens is 232 g/mol. The van der Waals surface area contributed by atoms with Crippen molar-refractivity contribution in [3.63, 3.8) is 0 Å². The lowest BCUT2D eigenvalue weighted by Crippen LogP contribution is -2.04. The van der Waals surface area contributed by atoms with Gasteiger partial charge in [-0.05, 0) is 50.4 Å². The van der Waals surface area contributed by atoms with Gasteiger partial charge in [0.25, 0.3) is 0 Å². The second kappa shape index (κ2) is 4.71. The summed E-state index contributed by atoms with van der Waals surface area (Å²) < 4.78 is 2.27. The van der Waals surface area contributed by atoms with E-state index in [9.17, 15) is 0 Å². The first-order chi connectivity index (χ1) is 8.07. The van der Waals surface area contributed by atoms with Crippen molar-refractivity contribution in [3.05, 3.63) is 34.0 Å². The summed E-state index contributed by atoms with van der Waals surface area (Å²) in [4.78, 5) is 0. The Morgan fingerprint density at radius 2 is 1.94 bits per heavy atom. The number of halogens is 1. The maximum Gasteiger partial charge on any atom is 0.0527 e. The van der Waals surface area contributed by atoms with Gasteiger partial charge in [0, 0.05) is 23.2 Å². The number of hydrogen-bond acceptors (Lipinski definition) is 1. The fourth-order valence-electron chi connectivity index (χ4n) is 2.58. The zero-order valence-electron chi connectivity index (χ0n) is 10.7. The second-order valence-electron chi connectivity index (χ2n) is 4.59. The highest BCUT2D eigenvalue weighted by Crippen LogP contribution is 2.31. The maximum absolute atomic E-state index is 6.19. The summed E-state index contributed by atoms with van der Waals surface area (Å²) in [6.45, 7) is 5.00. The first-order valence-corrected chi connectivity index (χ1v) is 6.38. The van der Waals surface area contributed by atoms with Crippen molar-refractivity contribution in [2.24, 2.45) is 12.8 Å². The summed E-state index contributed by atoms with van der Waals surface area (Å²) >= 11 is 6.19. The Morgan fingerprint density at radius 3 is 2.59 bits per heavy atom. The van der Waals surface area contributed by atoms with E-state index >= 15 is 0 Å². The van der Waals surface area contributed by atoms with Crippen LogP contribution < -0.4 is 5.73 Å². The van der Waals surface area contributed by atoms with Crippen LogP contribution in [0.2, 0.25) is 5.02 Å². The molecule has 0 bridgehead atoms. The third-order valence-electron chi connectivity index (χ3n) is 3.56. The molecule has 0 aliphatic heterocycles. The van der Waals surface area contributed by atoms with Crippen LogP contribution in [-0.2, 0) is 13.5 Å². The number of fused-ring (bicyclic) bond motifs is 1. The van der Waals surface area contributed by atoms with Crippen LogP contribution in [0.25, 0.3) is 10.9 Å². The largest absolute Gasteiger partial charge is 0.347 e. The Kier molecular flexibility index (Phi) is 3.45. The Bertz CT molecular complexity index is 555. The molecule has 92 valence electrons. The lowest BCUT2D eigenvalue weighted by molar-refractivity contribution is 0.760. The molecular formula is C14H19ClN2. The Balaban J connectivity index is 2.67. The molecule has 0 unspecified atom stereocenters. The van der Waals surface area contributed by atoms with Gasteiger partial charge in [0.1, 0.15) is 0 Å². The van der Waals surface area contributed by atoms with Crippen LogP contribution in [0, 0.1) is 13.8 Å². The molecule has 17 heavy (non-hydrogen) atoms. The van der Waals surface area contributed by atoms with Crippen molar-refractivity contribution >= 4 is 22.5 Å². The van der Waals surface area contributed by atoms with Crippen LogP contribution in [0.4, 0.5) is 0 Å². The molecule has 0 saturated heterocycles.